The minimum Gasteiger partial charge on any atom is -0.254 e. The molecule has 1 atom stereocenters. The summed E-state index contributed by atoms with van der Waals surface area (Å²) in [6, 6.07) is 15.5. The van der Waals surface area contributed by atoms with Crippen LogP contribution in [0.2, 0.25) is 0 Å². The molecular weight excluding hydrogens is 247 g/mol. The molecule has 0 saturated carbocycles. The summed E-state index contributed by atoms with van der Waals surface area (Å²) in [5.74, 6) is 0.0694. The summed E-state index contributed by atoms with van der Waals surface area (Å²) < 4.78 is 24.9. The third-order valence-corrected chi connectivity index (χ3v) is 3.96. The van der Waals surface area contributed by atoms with Crippen LogP contribution in [0, 0.1) is 5.82 Å². The minimum atomic E-state index is -1.19. The van der Waals surface area contributed by atoms with Crippen LogP contribution in [0.3, 0.4) is 0 Å². The van der Waals surface area contributed by atoms with E-state index in [1.807, 2.05) is 30.3 Å². The zero-order chi connectivity index (χ0) is 13.0. The molecule has 0 unspecified atom stereocenters. The maximum atomic E-state index is 12.8. The minimum absolute atomic E-state index is 0.286. The third kappa shape index (κ3) is 3.14. The smallest absolute Gasteiger partial charge is 0.123 e. The lowest BCUT2D eigenvalue weighted by molar-refractivity contribution is 0.627. The van der Waals surface area contributed by atoms with E-state index in [1.54, 1.807) is 12.1 Å². The molecule has 0 bridgehead atoms. The maximum absolute atomic E-state index is 12.8. The Balaban J connectivity index is 2.09. The lowest BCUT2D eigenvalue weighted by Gasteiger charge is -2.06. The van der Waals surface area contributed by atoms with Crippen molar-refractivity contribution in [1.29, 1.82) is 0 Å². The normalized spacial score (nSPS) is 12.1. The van der Waals surface area contributed by atoms with Crippen molar-refractivity contribution in [1.82, 2.24) is 0 Å². The Morgan fingerprint density at radius 1 is 1.06 bits per heavy atom. The Labute approximate surface area is 108 Å². The van der Waals surface area contributed by atoms with Gasteiger partial charge in [0.25, 0.3) is 0 Å². The van der Waals surface area contributed by atoms with E-state index in [2.05, 4.69) is 6.58 Å². The fraction of sp³-hybridized carbons (Fsp3) is 0.0667. The standard InChI is InChI=1S/C15H13FOS/c1-12(14-5-3-2-4-6-14)18(17)11-13-7-9-15(16)10-8-13/h2-10H,1,11H2/t18-/m0/s1. The highest BCUT2D eigenvalue weighted by Crippen LogP contribution is 2.19. The van der Waals surface area contributed by atoms with Crippen molar-refractivity contribution in [2.45, 2.75) is 5.75 Å². The fourth-order valence-electron chi connectivity index (χ4n) is 1.57. The van der Waals surface area contributed by atoms with Crippen LogP contribution >= 0.6 is 0 Å². The van der Waals surface area contributed by atoms with Gasteiger partial charge in [-0.15, -0.1) is 0 Å². The van der Waals surface area contributed by atoms with Crippen LogP contribution in [0.15, 0.2) is 61.2 Å². The van der Waals surface area contributed by atoms with Crippen LogP contribution in [0.1, 0.15) is 11.1 Å². The molecule has 2 aromatic carbocycles. The van der Waals surface area contributed by atoms with Gasteiger partial charge < -0.3 is 0 Å². The lowest BCUT2D eigenvalue weighted by Crippen LogP contribution is -1.98. The van der Waals surface area contributed by atoms with Crippen molar-refractivity contribution in [3.8, 4) is 0 Å². The summed E-state index contributed by atoms with van der Waals surface area (Å²) in [4.78, 5) is 0.597. The van der Waals surface area contributed by atoms with Crippen LogP contribution in [0.25, 0.3) is 4.91 Å². The molecule has 0 aliphatic carbocycles. The molecule has 0 amide bonds. The topological polar surface area (TPSA) is 17.1 Å². The van der Waals surface area contributed by atoms with Crippen LogP contribution in [0.5, 0.6) is 0 Å². The second kappa shape index (κ2) is 5.74. The molecule has 2 aromatic rings. The SMILES string of the molecule is C=C(c1ccccc1)[S@@](=O)Cc1ccc(F)cc1. The number of hydrogen-bond donors (Lipinski definition) is 0. The van der Waals surface area contributed by atoms with Gasteiger partial charge in [-0.1, -0.05) is 49.0 Å². The molecular formula is C15H13FOS. The van der Waals surface area contributed by atoms with Gasteiger partial charge in [-0.25, -0.2) is 4.39 Å². The molecule has 0 saturated heterocycles. The average molecular weight is 260 g/mol. The first-order chi connectivity index (χ1) is 8.66. The molecule has 3 heteroatoms. The van der Waals surface area contributed by atoms with Gasteiger partial charge in [0.05, 0.1) is 16.6 Å². The molecule has 0 fully saturated rings. The Hall–Kier alpha value is -1.74. The van der Waals surface area contributed by atoms with E-state index in [9.17, 15) is 8.60 Å². The Bertz CT molecular complexity index is 561. The molecule has 0 aromatic heterocycles. The molecule has 92 valence electrons. The third-order valence-electron chi connectivity index (χ3n) is 2.58. The molecule has 0 radical (unpaired) electrons. The summed E-state index contributed by atoms with van der Waals surface area (Å²) in [7, 11) is -1.19. The highest BCUT2D eigenvalue weighted by atomic mass is 32.2. The predicted molar refractivity (Wildman–Crippen MR) is 73.7 cm³/mol. The Morgan fingerprint density at radius 3 is 2.28 bits per heavy atom. The van der Waals surface area contributed by atoms with Gasteiger partial charge in [-0.3, -0.25) is 4.21 Å². The van der Waals surface area contributed by atoms with Crippen molar-refractivity contribution >= 4 is 15.7 Å². The second-order valence-corrected chi connectivity index (χ2v) is 5.38. The summed E-state index contributed by atoms with van der Waals surface area (Å²) in [6.45, 7) is 3.86. The van der Waals surface area contributed by atoms with Crippen molar-refractivity contribution in [3.63, 3.8) is 0 Å². The monoisotopic (exact) mass is 260 g/mol. The average Bonchev–Trinajstić information content (AvgIpc) is 2.41. The zero-order valence-electron chi connectivity index (χ0n) is 9.80. The van der Waals surface area contributed by atoms with Crippen molar-refractivity contribution in [3.05, 3.63) is 78.1 Å². The summed E-state index contributed by atoms with van der Waals surface area (Å²) in [5, 5.41) is 0. The molecule has 0 heterocycles. The van der Waals surface area contributed by atoms with Crippen molar-refractivity contribution in [2.24, 2.45) is 0 Å². The van der Waals surface area contributed by atoms with Gasteiger partial charge >= 0.3 is 0 Å². The van der Waals surface area contributed by atoms with E-state index >= 15 is 0 Å². The van der Waals surface area contributed by atoms with Crippen LogP contribution in [-0.4, -0.2) is 4.21 Å². The number of halogens is 1. The number of benzene rings is 2. The highest BCUT2D eigenvalue weighted by molar-refractivity contribution is 7.93. The molecule has 0 N–H and O–H groups in total. The van der Waals surface area contributed by atoms with Gasteiger partial charge in [-0.05, 0) is 23.3 Å². The molecule has 0 aliphatic heterocycles. The molecule has 0 spiro atoms. The van der Waals surface area contributed by atoms with Gasteiger partial charge in [0, 0.05) is 4.91 Å². The highest BCUT2D eigenvalue weighted by Gasteiger charge is 2.08. The zero-order valence-corrected chi connectivity index (χ0v) is 10.6. The number of hydrogen-bond acceptors (Lipinski definition) is 1. The fourth-order valence-corrected chi connectivity index (χ4v) is 2.64. The summed E-state index contributed by atoms with van der Waals surface area (Å²) in [5.41, 5.74) is 1.71. The van der Waals surface area contributed by atoms with Gasteiger partial charge in [0.1, 0.15) is 5.82 Å². The lowest BCUT2D eigenvalue weighted by atomic mass is 10.2. The molecule has 0 aliphatic rings. The Kier molecular flexibility index (Phi) is 4.05. The largest absolute Gasteiger partial charge is 0.254 e. The Morgan fingerprint density at radius 2 is 1.67 bits per heavy atom. The first kappa shape index (κ1) is 12.7. The first-order valence-electron chi connectivity index (χ1n) is 5.54. The van der Waals surface area contributed by atoms with Crippen molar-refractivity contribution in [2.75, 3.05) is 0 Å². The van der Waals surface area contributed by atoms with E-state index in [0.717, 1.165) is 11.1 Å². The maximum Gasteiger partial charge on any atom is 0.123 e. The van der Waals surface area contributed by atoms with E-state index in [4.69, 9.17) is 0 Å². The summed E-state index contributed by atoms with van der Waals surface area (Å²) in [6.07, 6.45) is 0. The van der Waals surface area contributed by atoms with Gasteiger partial charge in [0.2, 0.25) is 0 Å². The quantitative estimate of drug-likeness (QED) is 0.818. The van der Waals surface area contributed by atoms with E-state index in [-0.39, 0.29) is 5.82 Å². The van der Waals surface area contributed by atoms with Crippen molar-refractivity contribution < 1.29 is 8.60 Å². The van der Waals surface area contributed by atoms with Gasteiger partial charge in [-0.2, -0.15) is 0 Å². The van der Waals surface area contributed by atoms with E-state index in [1.165, 1.54) is 12.1 Å². The molecule has 2 rings (SSSR count). The molecule has 1 nitrogen and oxygen atoms in total. The number of rotatable bonds is 4. The van der Waals surface area contributed by atoms with Crippen LogP contribution in [0.4, 0.5) is 4.39 Å². The summed E-state index contributed by atoms with van der Waals surface area (Å²) >= 11 is 0. The van der Waals surface area contributed by atoms with Gasteiger partial charge in [0.15, 0.2) is 0 Å². The second-order valence-electron chi connectivity index (χ2n) is 3.91. The predicted octanol–water partition coefficient (Wildman–Crippen LogP) is 3.75. The van der Waals surface area contributed by atoms with Crippen LogP contribution < -0.4 is 0 Å². The van der Waals surface area contributed by atoms with E-state index < -0.39 is 10.8 Å². The van der Waals surface area contributed by atoms with Crippen LogP contribution in [-0.2, 0) is 16.6 Å². The molecule has 18 heavy (non-hydrogen) atoms. The first-order valence-corrected chi connectivity index (χ1v) is 6.86. The van der Waals surface area contributed by atoms with E-state index in [0.29, 0.717) is 10.7 Å².